The summed E-state index contributed by atoms with van der Waals surface area (Å²) in [6.45, 7) is 3.56. The third-order valence-corrected chi connectivity index (χ3v) is 1.88. The summed E-state index contributed by atoms with van der Waals surface area (Å²) in [6.07, 6.45) is 3.72. The molecule has 0 aliphatic rings. The maximum atomic E-state index is 10.8. The molecule has 1 heterocycles. The first-order valence-electron chi connectivity index (χ1n) is 3.82. The Hall–Kier alpha value is -1.73. The fourth-order valence-electron chi connectivity index (χ4n) is 0.610. The Morgan fingerprint density at radius 2 is 2.57 bits per heavy atom. The summed E-state index contributed by atoms with van der Waals surface area (Å²) < 4.78 is 9.53. The van der Waals surface area contributed by atoms with Crippen molar-refractivity contribution < 1.29 is 14.3 Å². The summed E-state index contributed by atoms with van der Waals surface area (Å²) in [5, 5.41) is 2.50. The highest BCUT2D eigenvalue weighted by Gasteiger charge is 1.94. The summed E-state index contributed by atoms with van der Waals surface area (Å²) >= 11 is 1.40. The molecule has 1 rings (SSSR count). The molecule has 0 saturated heterocycles. The minimum atomic E-state index is -0.624. The van der Waals surface area contributed by atoms with Crippen molar-refractivity contribution in [3.05, 3.63) is 30.2 Å². The number of carbonyl (C=O) groups excluding carboxylic acids is 1. The molecule has 3 nitrogen and oxygen atoms in total. The van der Waals surface area contributed by atoms with Gasteiger partial charge in [-0.1, -0.05) is 12.7 Å². The lowest BCUT2D eigenvalue weighted by atomic mass is 10.6. The van der Waals surface area contributed by atoms with E-state index in [9.17, 15) is 4.79 Å². The quantitative estimate of drug-likeness (QED) is 0.432. The Morgan fingerprint density at radius 3 is 3.21 bits per heavy atom. The van der Waals surface area contributed by atoms with Gasteiger partial charge in [0.05, 0.1) is 5.92 Å². The van der Waals surface area contributed by atoms with E-state index in [1.165, 1.54) is 17.4 Å². The van der Waals surface area contributed by atoms with Crippen molar-refractivity contribution in [3.63, 3.8) is 0 Å². The second-order valence-electron chi connectivity index (χ2n) is 2.15. The second kappa shape index (κ2) is 5.84. The molecule has 0 aliphatic heterocycles. The Balaban J connectivity index is 2.33. The van der Waals surface area contributed by atoms with Gasteiger partial charge in [-0.2, -0.15) is 0 Å². The van der Waals surface area contributed by atoms with Crippen LogP contribution in [-0.4, -0.2) is 12.6 Å². The molecular weight excluding hydrogens is 200 g/mol. The van der Waals surface area contributed by atoms with Crippen LogP contribution in [0, 0.1) is 12.0 Å². The van der Waals surface area contributed by atoms with Crippen LogP contribution >= 0.6 is 11.3 Å². The highest BCUT2D eigenvalue weighted by Crippen LogP contribution is 2.17. The molecule has 0 bridgehead atoms. The number of esters is 1. The van der Waals surface area contributed by atoms with E-state index in [1.807, 2.05) is 11.4 Å². The SMILES string of the molecule is C=CCOC(=O)C#COc1cccs1. The standard InChI is InChI=1S/C10H8O3S/c1-2-6-12-9(11)5-7-13-10-4-3-8-14-10/h2-4,8H,1,6H2. The molecule has 0 N–H and O–H groups in total. The van der Waals surface area contributed by atoms with Crippen molar-refractivity contribution in [2.75, 3.05) is 6.61 Å². The first-order chi connectivity index (χ1) is 6.83. The number of hydrogen-bond acceptors (Lipinski definition) is 4. The van der Waals surface area contributed by atoms with Crippen LogP contribution in [0.15, 0.2) is 30.2 Å². The van der Waals surface area contributed by atoms with E-state index in [4.69, 9.17) is 4.74 Å². The van der Waals surface area contributed by atoms with Gasteiger partial charge in [0.15, 0.2) is 5.06 Å². The molecule has 0 unspecified atom stereocenters. The molecule has 0 spiro atoms. The first-order valence-corrected chi connectivity index (χ1v) is 4.70. The highest BCUT2D eigenvalue weighted by molar-refractivity contribution is 7.11. The van der Waals surface area contributed by atoms with Crippen LogP contribution in [0.1, 0.15) is 0 Å². The molecule has 0 fully saturated rings. The Morgan fingerprint density at radius 1 is 1.71 bits per heavy atom. The number of thiophene rings is 1. The molecule has 0 amide bonds. The number of rotatable bonds is 3. The van der Waals surface area contributed by atoms with E-state index in [0.717, 1.165) is 0 Å². The van der Waals surface area contributed by atoms with Gasteiger partial charge in [0.1, 0.15) is 12.7 Å². The minimum absolute atomic E-state index is 0.159. The summed E-state index contributed by atoms with van der Waals surface area (Å²) in [4.78, 5) is 10.8. The summed E-state index contributed by atoms with van der Waals surface area (Å²) in [5.74, 6) is 1.56. The lowest BCUT2D eigenvalue weighted by Gasteiger charge is -1.91. The zero-order valence-electron chi connectivity index (χ0n) is 7.36. The second-order valence-corrected chi connectivity index (χ2v) is 3.06. The maximum Gasteiger partial charge on any atom is 0.388 e. The van der Waals surface area contributed by atoms with Crippen molar-refractivity contribution in [2.45, 2.75) is 0 Å². The van der Waals surface area contributed by atoms with Gasteiger partial charge >= 0.3 is 5.97 Å². The number of ether oxygens (including phenoxy) is 2. The molecule has 72 valence electrons. The lowest BCUT2D eigenvalue weighted by Crippen LogP contribution is -2.00. The topological polar surface area (TPSA) is 35.5 Å². The van der Waals surface area contributed by atoms with E-state index in [2.05, 4.69) is 23.3 Å². The van der Waals surface area contributed by atoms with Crippen LogP contribution < -0.4 is 4.74 Å². The third-order valence-electron chi connectivity index (χ3n) is 1.13. The fourth-order valence-corrected chi connectivity index (χ4v) is 1.15. The Labute approximate surface area is 86.0 Å². The third kappa shape index (κ3) is 3.78. The van der Waals surface area contributed by atoms with E-state index in [-0.39, 0.29) is 6.61 Å². The van der Waals surface area contributed by atoms with Crippen LogP contribution in [0.2, 0.25) is 0 Å². The normalized spacial score (nSPS) is 8.29. The smallest absolute Gasteiger partial charge is 0.388 e. The Kier molecular flexibility index (Phi) is 4.32. The monoisotopic (exact) mass is 208 g/mol. The predicted octanol–water partition coefficient (Wildman–Crippen LogP) is 1.82. The molecule has 4 heteroatoms. The van der Waals surface area contributed by atoms with Gasteiger partial charge in [-0.25, -0.2) is 4.79 Å². The van der Waals surface area contributed by atoms with Gasteiger partial charge in [-0.15, -0.1) is 11.3 Å². The number of carbonyl (C=O) groups is 1. The maximum absolute atomic E-state index is 10.8. The molecule has 0 saturated carbocycles. The van der Waals surface area contributed by atoms with Gasteiger partial charge in [0.25, 0.3) is 0 Å². The molecule has 0 aromatic carbocycles. The summed E-state index contributed by atoms with van der Waals surface area (Å²) in [5.41, 5.74) is 0. The van der Waals surface area contributed by atoms with Crippen molar-refractivity contribution in [2.24, 2.45) is 0 Å². The van der Waals surface area contributed by atoms with E-state index < -0.39 is 5.97 Å². The zero-order valence-corrected chi connectivity index (χ0v) is 8.17. The molecule has 1 aromatic heterocycles. The van der Waals surface area contributed by atoms with Crippen molar-refractivity contribution in [3.8, 4) is 17.1 Å². The van der Waals surface area contributed by atoms with Gasteiger partial charge in [-0.3, -0.25) is 0 Å². The lowest BCUT2D eigenvalue weighted by molar-refractivity contribution is -0.135. The predicted molar refractivity (Wildman–Crippen MR) is 53.9 cm³/mol. The van der Waals surface area contributed by atoms with Crippen LogP contribution in [0.25, 0.3) is 0 Å². The van der Waals surface area contributed by atoms with Crippen LogP contribution in [0.4, 0.5) is 0 Å². The van der Waals surface area contributed by atoms with Crippen LogP contribution in [0.3, 0.4) is 0 Å². The van der Waals surface area contributed by atoms with Crippen LogP contribution in [-0.2, 0) is 9.53 Å². The molecule has 0 atom stereocenters. The summed E-state index contributed by atoms with van der Waals surface area (Å²) in [6, 6.07) is 3.59. The molecule has 0 radical (unpaired) electrons. The zero-order chi connectivity index (χ0) is 10.2. The van der Waals surface area contributed by atoms with Gasteiger partial charge in [0, 0.05) is 0 Å². The van der Waals surface area contributed by atoms with Gasteiger partial charge in [0.2, 0.25) is 0 Å². The largest absolute Gasteiger partial charge is 0.452 e. The van der Waals surface area contributed by atoms with Crippen molar-refractivity contribution in [1.82, 2.24) is 0 Å². The molecule has 0 aliphatic carbocycles. The Bertz CT molecular complexity index is 356. The van der Waals surface area contributed by atoms with Gasteiger partial charge < -0.3 is 9.47 Å². The minimum Gasteiger partial charge on any atom is -0.452 e. The summed E-state index contributed by atoms with van der Waals surface area (Å²) in [7, 11) is 0. The van der Waals surface area contributed by atoms with Crippen molar-refractivity contribution >= 4 is 17.3 Å². The van der Waals surface area contributed by atoms with E-state index in [0.29, 0.717) is 5.06 Å². The van der Waals surface area contributed by atoms with Crippen molar-refractivity contribution in [1.29, 1.82) is 0 Å². The fraction of sp³-hybridized carbons (Fsp3) is 0.100. The van der Waals surface area contributed by atoms with E-state index in [1.54, 1.807) is 6.07 Å². The molecule has 14 heavy (non-hydrogen) atoms. The number of hydrogen-bond donors (Lipinski definition) is 0. The van der Waals surface area contributed by atoms with E-state index >= 15 is 0 Å². The first kappa shape index (κ1) is 10.4. The highest BCUT2D eigenvalue weighted by atomic mass is 32.1. The molecule has 1 aromatic rings. The molecular formula is C10H8O3S. The van der Waals surface area contributed by atoms with Gasteiger partial charge in [-0.05, 0) is 17.5 Å². The van der Waals surface area contributed by atoms with Crippen LogP contribution in [0.5, 0.6) is 5.06 Å². The average molecular weight is 208 g/mol. The average Bonchev–Trinajstić information content (AvgIpc) is 2.67.